The van der Waals surface area contributed by atoms with Crippen LogP contribution in [0.25, 0.3) is 22.0 Å². The van der Waals surface area contributed by atoms with Crippen LogP contribution in [0.4, 0.5) is 29.3 Å². The molecule has 1 spiro atoms. The largest absolute Gasteiger partial charge is 0.480 e. The lowest BCUT2D eigenvalue weighted by Crippen LogP contribution is -2.41. The van der Waals surface area contributed by atoms with Crippen LogP contribution in [0, 0.1) is 18.2 Å². The Morgan fingerprint density at radius 1 is 1.11 bits per heavy atom. The van der Waals surface area contributed by atoms with Crippen LogP contribution in [0.2, 0.25) is 0 Å². The smallest absolute Gasteiger partial charge is 0.429 e. The summed E-state index contributed by atoms with van der Waals surface area (Å²) in [4.78, 5) is 25.5. The molecule has 4 heterocycles. The Morgan fingerprint density at radius 3 is 2.52 bits per heavy atom. The number of anilines is 2. The van der Waals surface area contributed by atoms with E-state index in [1.54, 1.807) is 37.3 Å². The van der Waals surface area contributed by atoms with Crippen LogP contribution in [-0.4, -0.2) is 57.9 Å². The molecule has 0 saturated carbocycles. The molecular weight excluding hydrogens is 580 g/mol. The zero-order chi connectivity index (χ0) is 31.2. The van der Waals surface area contributed by atoms with Crippen molar-refractivity contribution in [3.05, 3.63) is 71.7 Å². The molecule has 2 atom stereocenters. The van der Waals surface area contributed by atoms with Crippen molar-refractivity contribution >= 4 is 28.6 Å². The number of nitrogen functional groups attached to an aromatic ring is 1. The minimum absolute atomic E-state index is 0.0879. The highest BCUT2D eigenvalue weighted by molar-refractivity contribution is 5.84. The number of hydrogen-bond donors (Lipinski definition) is 3. The summed E-state index contributed by atoms with van der Waals surface area (Å²) in [5.41, 5.74) is 7.97. The maximum Gasteiger partial charge on any atom is 0.429 e. The van der Waals surface area contributed by atoms with Crippen molar-refractivity contribution in [1.29, 1.82) is 0 Å². The quantitative estimate of drug-likeness (QED) is 0.245. The third-order valence-electron chi connectivity index (χ3n) is 8.58. The minimum Gasteiger partial charge on any atom is -0.480 e. The fourth-order valence-electron chi connectivity index (χ4n) is 6.20. The number of aromatic nitrogens is 3. The highest BCUT2D eigenvalue weighted by atomic mass is 19.4. The number of piperidine rings is 1. The molecule has 0 unspecified atom stereocenters. The summed E-state index contributed by atoms with van der Waals surface area (Å²) in [7, 11) is 0. The molecule has 0 radical (unpaired) electrons. The number of carboxylic acid groups (broad SMARTS) is 1. The first-order chi connectivity index (χ1) is 20.9. The molecule has 2 saturated heterocycles. The summed E-state index contributed by atoms with van der Waals surface area (Å²) < 4.78 is 62.5. The number of nitrogens with one attached hydrogen (secondary N) is 1. The standard InChI is InChI=1S/C31H30F4N6O3/c1-17-10-18(19-3-5-23-20(11-19)12-21(32)15-37-23)2-4-22(17)27(31(33,34)35)44-26-13-25(39-29(36)40-26)41-8-6-30(7-9-41)14-24(28(42)43)38-16-30/h2-5,10-13,15,24,27,38H,6-9,14,16H2,1H3,(H,42,43)(H2,36,39,40)/t24-,27+/m0/s1. The molecule has 44 heavy (non-hydrogen) atoms. The summed E-state index contributed by atoms with van der Waals surface area (Å²) >= 11 is 0. The Morgan fingerprint density at radius 2 is 1.84 bits per heavy atom. The zero-order valence-electron chi connectivity index (χ0n) is 23.7. The normalized spacial score (nSPS) is 18.9. The SMILES string of the molecule is Cc1cc(-c2ccc3ncc(F)cc3c2)ccc1[C@@H](Oc1cc(N2CCC3(CC2)CN[C@H](C(=O)O)C3)nc(N)n1)C(F)(F)F. The Labute approximate surface area is 250 Å². The highest BCUT2D eigenvalue weighted by Gasteiger charge is 2.45. The molecule has 0 aliphatic carbocycles. The van der Waals surface area contributed by atoms with E-state index in [0.717, 1.165) is 6.20 Å². The van der Waals surface area contributed by atoms with E-state index in [9.17, 15) is 27.5 Å². The number of nitrogens with zero attached hydrogens (tertiary/aromatic N) is 4. The van der Waals surface area contributed by atoms with Crippen LogP contribution in [0.3, 0.4) is 0 Å². The number of aryl methyl sites for hydroxylation is 1. The number of halogens is 4. The Kier molecular flexibility index (Phi) is 7.52. The molecule has 4 N–H and O–H groups in total. The highest BCUT2D eigenvalue weighted by Crippen LogP contribution is 2.42. The second kappa shape index (κ2) is 11.2. The fraction of sp³-hybridized carbons (Fsp3) is 0.355. The molecule has 13 heteroatoms. The number of hydrogen-bond acceptors (Lipinski definition) is 8. The number of alkyl halides is 3. The number of benzene rings is 2. The van der Waals surface area contributed by atoms with Crippen molar-refractivity contribution in [1.82, 2.24) is 20.3 Å². The molecular formula is C31H30F4N6O3. The fourth-order valence-corrected chi connectivity index (χ4v) is 6.20. The molecule has 2 aliphatic rings. The number of fused-ring (bicyclic) bond motifs is 1. The van der Waals surface area contributed by atoms with Gasteiger partial charge in [-0.05, 0) is 66.5 Å². The van der Waals surface area contributed by atoms with Gasteiger partial charge in [-0.2, -0.15) is 23.1 Å². The van der Waals surface area contributed by atoms with Gasteiger partial charge in [-0.15, -0.1) is 0 Å². The average Bonchev–Trinajstić information content (AvgIpc) is 3.39. The third-order valence-corrected chi connectivity index (χ3v) is 8.58. The monoisotopic (exact) mass is 610 g/mol. The second-order valence-corrected chi connectivity index (χ2v) is 11.6. The topological polar surface area (TPSA) is 126 Å². The molecule has 4 aromatic rings. The molecule has 2 aromatic carbocycles. The number of aliphatic carboxylic acids is 1. The van der Waals surface area contributed by atoms with Gasteiger partial charge in [-0.3, -0.25) is 9.78 Å². The number of nitrogens with two attached hydrogens (primary N) is 1. The van der Waals surface area contributed by atoms with E-state index in [1.807, 2.05) is 4.90 Å². The lowest BCUT2D eigenvalue weighted by atomic mass is 9.76. The van der Waals surface area contributed by atoms with Gasteiger partial charge in [0.2, 0.25) is 17.9 Å². The molecule has 6 rings (SSSR count). The predicted molar refractivity (Wildman–Crippen MR) is 156 cm³/mol. The van der Waals surface area contributed by atoms with Crippen molar-refractivity contribution in [2.75, 3.05) is 30.3 Å². The molecule has 9 nitrogen and oxygen atoms in total. The second-order valence-electron chi connectivity index (χ2n) is 11.6. The van der Waals surface area contributed by atoms with Crippen LogP contribution < -0.4 is 20.7 Å². The minimum atomic E-state index is -4.77. The van der Waals surface area contributed by atoms with Gasteiger partial charge >= 0.3 is 12.1 Å². The molecule has 230 valence electrons. The van der Waals surface area contributed by atoms with Crippen molar-refractivity contribution in [3.8, 4) is 17.0 Å². The summed E-state index contributed by atoms with van der Waals surface area (Å²) in [6, 6.07) is 11.9. The van der Waals surface area contributed by atoms with Gasteiger partial charge in [0.1, 0.15) is 17.7 Å². The van der Waals surface area contributed by atoms with Crippen LogP contribution in [0.5, 0.6) is 5.88 Å². The lowest BCUT2D eigenvalue weighted by molar-refractivity contribution is -0.198. The Hall–Kier alpha value is -4.52. The van der Waals surface area contributed by atoms with Crippen molar-refractivity contribution in [3.63, 3.8) is 0 Å². The van der Waals surface area contributed by atoms with Gasteiger partial charge < -0.3 is 25.8 Å². The number of ether oxygens (including phenoxy) is 1. The third kappa shape index (κ3) is 5.96. The van der Waals surface area contributed by atoms with Crippen molar-refractivity contribution in [2.45, 2.75) is 44.5 Å². The van der Waals surface area contributed by atoms with Gasteiger partial charge in [-0.1, -0.05) is 24.3 Å². The summed E-state index contributed by atoms with van der Waals surface area (Å²) in [5, 5.41) is 13.0. The van der Waals surface area contributed by atoms with E-state index in [-0.39, 0.29) is 22.8 Å². The molecule has 0 amide bonds. The van der Waals surface area contributed by atoms with E-state index >= 15 is 0 Å². The van der Waals surface area contributed by atoms with E-state index in [1.165, 1.54) is 18.2 Å². The van der Waals surface area contributed by atoms with Crippen LogP contribution in [0.1, 0.15) is 36.5 Å². The Bertz CT molecular complexity index is 1720. The summed E-state index contributed by atoms with van der Waals surface area (Å²) in [6.07, 6.45) is -4.05. The number of pyridine rings is 1. The van der Waals surface area contributed by atoms with Gasteiger partial charge in [0.15, 0.2) is 0 Å². The van der Waals surface area contributed by atoms with Gasteiger partial charge in [-0.25, -0.2) is 4.39 Å². The summed E-state index contributed by atoms with van der Waals surface area (Å²) in [6.45, 7) is 3.23. The maximum absolute atomic E-state index is 14.4. The van der Waals surface area contributed by atoms with Crippen molar-refractivity contribution < 1.29 is 32.2 Å². The van der Waals surface area contributed by atoms with Gasteiger partial charge in [0, 0.05) is 36.7 Å². The van der Waals surface area contributed by atoms with E-state index in [2.05, 4.69) is 20.3 Å². The molecule has 2 fully saturated rings. The van der Waals surface area contributed by atoms with E-state index in [0.29, 0.717) is 72.3 Å². The van der Waals surface area contributed by atoms with Crippen molar-refractivity contribution in [2.24, 2.45) is 5.41 Å². The predicted octanol–water partition coefficient (Wildman–Crippen LogP) is 5.44. The maximum atomic E-state index is 14.4. The molecule has 2 aliphatic heterocycles. The van der Waals surface area contributed by atoms with E-state index in [4.69, 9.17) is 10.5 Å². The average molecular weight is 611 g/mol. The lowest BCUT2D eigenvalue weighted by Gasteiger charge is -2.39. The Balaban J connectivity index is 1.22. The van der Waals surface area contributed by atoms with Gasteiger partial charge in [0.25, 0.3) is 0 Å². The van der Waals surface area contributed by atoms with Crippen LogP contribution in [-0.2, 0) is 4.79 Å². The van der Waals surface area contributed by atoms with Gasteiger partial charge in [0.05, 0.1) is 11.7 Å². The van der Waals surface area contributed by atoms with Crippen LogP contribution in [0.15, 0.2) is 54.7 Å². The first kappa shape index (κ1) is 29.5. The number of carboxylic acids is 1. The first-order valence-corrected chi connectivity index (χ1v) is 14.1. The zero-order valence-corrected chi connectivity index (χ0v) is 23.7. The number of carbonyl (C=O) groups is 1. The number of rotatable bonds is 6. The summed E-state index contributed by atoms with van der Waals surface area (Å²) in [5.74, 6) is -1.54. The molecule has 0 bridgehead atoms. The molecule has 2 aromatic heterocycles. The van der Waals surface area contributed by atoms with Crippen LogP contribution >= 0.6 is 0 Å². The van der Waals surface area contributed by atoms with E-state index < -0.39 is 30.1 Å². The first-order valence-electron chi connectivity index (χ1n) is 14.1.